The predicted molar refractivity (Wildman–Crippen MR) is 86.4 cm³/mol. The number of anilines is 1. The van der Waals surface area contributed by atoms with Crippen molar-refractivity contribution >= 4 is 15.7 Å². The van der Waals surface area contributed by atoms with Crippen LogP contribution in [0.15, 0.2) is 24.3 Å². The van der Waals surface area contributed by atoms with Crippen LogP contribution in [0.2, 0.25) is 0 Å². The Hall–Kier alpha value is -1.11. The minimum atomic E-state index is -3.26. The molecule has 2 rings (SSSR count). The number of rotatable bonds is 5. The number of hydrogen-bond acceptors (Lipinski definition) is 4. The maximum atomic E-state index is 12.5. The maximum Gasteiger partial charge on any atom is 0.218 e. The highest BCUT2D eigenvalue weighted by Gasteiger charge is 2.28. The third-order valence-corrected chi connectivity index (χ3v) is 6.03. The average molecular weight is 311 g/mol. The molecule has 0 bridgehead atoms. The molecule has 1 aliphatic heterocycles. The minimum Gasteiger partial charge on any atom is -0.399 e. The number of benzene rings is 1. The van der Waals surface area contributed by atoms with E-state index in [0.717, 1.165) is 25.1 Å². The molecule has 0 spiro atoms. The number of nitrogens with two attached hydrogens (primary N) is 1. The summed E-state index contributed by atoms with van der Waals surface area (Å²) in [4.78, 5) is 2.35. The summed E-state index contributed by atoms with van der Waals surface area (Å²) in [5, 5.41) is 0. The molecule has 5 nitrogen and oxygen atoms in total. The van der Waals surface area contributed by atoms with Gasteiger partial charge in [-0.25, -0.2) is 8.42 Å². The predicted octanol–water partition coefficient (Wildman–Crippen LogP) is 1.51. The summed E-state index contributed by atoms with van der Waals surface area (Å²) in [6.45, 7) is 7.13. The molecule has 2 N–H and O–H groups in total. The third kappa shape index (κ3) is 4.18. The van der Waals surface area contributed by atoms with Crippen molar-refractivity contribution in [3.05, 3.63) is 29.8 Å². The normalized spacial score (nSPS) is 19.5. The van der Waals surface area contributed by atoms with Crippen LogP contribution in [0.3, 0.4) is 0 Å². The zero-order valence-electron chi connectivity index (χ0n) is 12.8. The Morgan fingerprint density at radius 3 is 2.48 bits per heavy atom. The smallest absolute Gasteiger partial charge is 0.218 e. The van der Waals surface area contributed by atoms with Crippen LogP contribution < -0.4 is 5.73 Å². The van der Waals surface area contributed by atoms with Gasteiger partial charge in [-0.15, -0.1) is 0 Å². The van der Waals surface area contributed by atoms with Crippen molar-refractivity contribution in [3.8, 4) is 0 Å². The lowest BCUT2D eigenvalue weighted by atomic mass is 10.2. The fourth-order valence-corrected chi connectivity index (χ4v) is 4.17. The van der Waals surface area contributed by atoms with Crippen molar-refractivity contribution < 1.29 is 8.42 Å². The zero-order chi connectivity index (χ0) is 15.5. The highest BCUT2D eigenvalue weighted by Crippen LogP contribution is 2.17. The molecule has 1 aliphatic rings. The van der Waals surface area contributed by atoms with Gasteiger partial charge in [-0.3, -0.25) is 4.90 Å². The Morgan fingerprint density at radius 1 is 1.24 bits per heavy atom. The van der Waals surface area contributed by atoms with Gasteiger partial charge in [-0.2, -0.15) is 4.31 Å². The van der Waals surface area contributed by atoms with Crippen LogP contribution in [0.4, 0.5) is 5.69 Å². The number of hydrogen-bond donors (Lipinski definition) is 1. The van der Waals surface area contributed by atoms with Gasteiger partial charge in [0.05, 0.1) is 5.75 Å². The summed E-state index contributed by atoms with van der Waals surface area (Å²) in [5.41, 5.74) is 7.06. The summed E-state index contributed by atoms with van der Waals surface area (Å²) in [5.74, 6) is 0.0291. The van der Waals surface area contributed by atoms with E-state index in [4.69, 9.17) is 5.73 Å². The molecule has 1 unspecified atom stereocenters. The summed E-state index contributed by atoms with van der Waals surface area (Å²) in [6.07, 6.45) is 1.09. The van der Waals surface area contributed by atoms with E-state index in [1.165, 1.54) is 0 Å². The lowest BCUT2D eigenvalue weighted by molar-refractivity contribution is 0.142. The summed E-state index contributed by atoms with van der Waals surface area (Å²) in [7, 11) is -3.26. The zero-order valence-corrected chi connectivity index (χ0v) is 13.6. The van der Waals surface area contributed by atoms with Crippen LogP contribution in [-0.4, -0.2) is 49.8 Å². The van der Waals surface area contributed by atoms with Crippen LogP contribution in [-0.2, 0) is 15.8 Å². The van der Waals surface area contributed by atoms with Crippen LogP contribution in [0.5, 0.6) is 0 Å². The van der Waals surface area contributed by atoms with E-state index in [1.807, 2.05) is 6.07 Å². The molecule has 1 heterocycles. The summed E-state index contributed by atoms with van der Waals surface area (Å²) in [6, 6.07) is 7.61. The molecule has 0 radical (unpaired) electrons. The Balaban J connectivity index is 1.98. The Labute approximate surface area is 127 Å². The van der Waals surface area contributed by atoms with Crippen LogP contribution in [0, 0.1) is 0 Å². The number of nitrogens with zero attached hydrogens (tertiary/aromatic N) is 2. The van der Waals surface area contributed by atoms with E-state index >= 15 is 0 Å². The van der Waals surface area contributed by atoms with Gasteiger partial charge in [-0.05, 0) is 31.0 Å². The second-order valence-electron chi connectivity index (χ2n) is 5.69. The number of nitrogen functional groups attached to an aromatic ring is 1. The topological polar surface area (TPSA) is 66.6 Å². The molecule has 0 aromatic heterocycles. The van der Waals surface area contributed by atoms with Crippen molar-refractivity contribution in [2.75, 3.05) is 31.9 Å². The van der Waals surface area contributed by atoms with Gasteiger partial charge in [0.1, 0.15) is 0 Å². The molecule has 21 heavy (non-hydrogen) atoms. The first-order chi connectivity index (χ1) is 9.92. The molecule has 0 amide bonds. The fourth-order valence-electron chi connectivity index (χ4n) is 2.67. The molecule has 1 aromatic rings. The standard InChI is InChI=1S/C15H25N3O2S/c1-3-13(2)17-7-9-18(10-8-17)21(19,20)12-14-5-4-6-15(16)11-14/h4-6,11,13H,3,7-10,12,16H2,1-2H3. The average Bonchev–Trinajstić information content (AvgIpc) is 2.46. The van der Waals surface area contributed by atoms with E-state index in [2.05, 4.69) is 18.7 Å². The quantitative estimate of drug-likeness (QED) is 0.837. The van der Waals surface area contributed by atoms with E-state index in [9.17, 15) is 8.42 Å². The highest BCUT2D eigenvalue weighted by atomic mass is 32.2. The van der Waals surface area contributed by atoms with Crippen LogP contribution in [0.25, 0.3) is 0 Å². The molecule has 0 saturated carbocycles. The molecular formula is C15H25N3O2S. The van der Waals surface area contributed by atoms with Gasteiger partial charge in [0.15, 0.2) is 0 Å². The summed E-state index contributed by atoms with van der Waals surface area (Å²) < 4.78 is 26.6. The molecule has 1 aromatic carbocycles. The summed E-state index contributed by atoms with van der Waals surface area (Å²) >= 11 is 0. The molecule has 6 heteroatoms. The third-order valence-electron chi connectivity index (χ3n) is 4.18. The monoisotopic (exact) mass is 311 g/mol. The number of sulfonamides is 1. The van der Waals surface area contributed by atoms with Crippen molar-refractivity contribution in [2.24, 2.45) is 0 Å². The molecule has 1 fully saturated rings. The van der Waals surface area contributed by atoms with Crippen molar-refractivity contribution in [2.45, 2.75) is 32.1 Å². The number of piperazine rings is 1. The lowest BCUT2D eigenvalue weighted by Gasteiger charge is -2.37. The molecule has 1 atom stereocenters. The first-order valence-corrected chi connectivity index (χ1v) is 9.09. The van der Waals surface area contributed by atoms with Gasteiger partial charge in [0.2, 0.25) is 10.0 Å². The molecule has 0 aliphatic carbocycles. The Morgan fingerprint density at radius 2 is 1.90 bits per heavy atom. The van der Waals surface area contributed by atoms with E-state index in [1.54, 1.807) is 22.5 Å². The largest absolute Gasteiger partial charge is 0.399 e. The van der Waals surface area contributed by atoms with E-state index in [-0.39, 0.29) is 5.75 Å². The van der Waals surface area contributed by atoms with Crippen LogP contribution in [0.1, 0.15) is 25.8 Å². The van der Waals surface area contributed by atoms with Gasteiger partial charge in [0, 0.05) is 37.9 Å². The van der Waals surface area contributed by atoms with Gasteiger partial charge in [0.25, 0.3) is 0 Å². The SMILES string of the molecule is CCC(C)N1CCN(S(=O)(=O)Cc2cccc(N)c2)CC1. The highest BCUT2D eigenvalue weighted by molar-refractivity contribution is 7.88. The van der Waals surface area contributed by atoms with E-state index < -0.39 is 10.0 Å². The first-order valence-electron chi connectivity index (χ1n) is 7.48. The van der Waals surface area contributed by atoms with Crippen molar-refractivity contribution in [1.29, 1.82) is 0 Å². The second kappa shape index (κ2) is 6.77. The van der Waals surface area contributed by atoms with Gasteiger partial charge >= 0.3 is 0 Å². The van der Waals surface area contributed by atoms with Gasteiger partial charge in [-0.1, -0.05) is 19.1 Å². The van der Waals surface area contributed by atoms with Crippen molar-refractivity contribution in [3.63, 3.8) is 0 Å². The van der Waals surface area contributed by atoms with Crippen molar-refractivity contribution in [1.82, 2.24) is 9.21 Å². The molecule has 1 saturated heterocycles. The Bertz CT molecular complexity index is 566. The second-order valence-corrected chi connectivity index (χ2v) is 7.66. The van der Waals surface area contributed by atoms with E-state index in [0.29, 0.717) is 24.8 Å². The minimum absolute atomic E-state index is 0.0291. The lowest BCUT2D eigenvalue weighted by Crippen LogP contribution is -2.51. The molecule has 118 valence electrons. The fraction of sp³-hybridized carbons (Fsp3) is 0.600. The van der Waals surface area contributed by atoms with Gasteiger partial charge < -0.3 is 5.73 Å². The van der Waals surface area contributed by atoms with Crippen LogP contribution >= 0.6 is 0 Å². The first kappa shape index (κ1) is 16.3. The maximum absolute atomic E-state index is 12.5. The molecular weight excluding hydrogens is 286 g/mol. The Kier molecular flexibility index (Phi) is 5.24.